The Kier molecular flexibility index (Phi) is 7.27. The van der Waals surface area contributed by atoms with Gasteiger partial charge in [0.15, 0.2) is 5.96 Å². The van der Waals surface area contributed by atoms with Crippen LogP contribution in [0.15, 0.2) is 59.6 Å². The summed E-state index contributed by atoms with van der Waals surface area (Å²) in [4.78, 5) is 21.4. The van der Waals surface area contributed by atoms with Crippen LogP contribution < -0.4 is 20.9 Å². The van der Waals surface area contributed by atoms with E-state index in [0.717, 1.165) is 44.4 Å². The molecular formula is C25H34N6O. The Balaban J connectivity index is 1.23. The highest BCUT2D eigenvalue weighted by Gasteiger charge is 2.25. The first kappa shape index (κ1) is 22.1. The van der Waals surface area contributed by atoms with Gasteiger partial charge in [-0.05, 0) is 30.7 Å². The standard InChI is InChI=1S/C25H34N6O/c1-19(30-12-14-31(15-13-30)21-8-4-3-5-9-21)17-27-25(26-2)28-18-20-16-24(32)29-23-11-7-6-10-22(20)23/h3-11,19-20H,12-18H2,1-2H3,(H,29,32)(H2,26,27,28). The van der Waals surface area contributed by atoms with E-state index in [2.05, 4.69) is 74.1 Å². The number of carbonyl (C=O) groups excluding carboxylic acids is 1. The number of nitrogens with one attached hydrogen (secondary N) is 3. The van der Waals surface area contributed by atoms with E-state index in [1.807, 2.05) is 18.2 Å². The highest BCUT2D eigenvalue weighted by Crippen LogP contribution is 2.31. The Morgan fingerprint density at radius 3 is 2.53 bits per heavy atom. The summed E-state index contributed by atoms with van der Waals surface area (Å²) >= 11 is 0. The second-order valence-electron chi connectivity index (χ2n) is 8.58. The summed E-state index contributed by atoms with van der Waals surface area (Å²) in [6.45, 7) is 7.96. The zero-order valence-corrected chi connectivity index (χ0v) is 19.1. The van der Waals surface area contributed by atoms with E-state index in [1.165, 1.54) is 11.3 Å². The molecule has 0 aromatic heterocycles. The number of nitrogens with zero attached hydrogens (tertiary/aromatic N) is 3. The van der Waals surface area contributed by atoms with Crippen LogP contribution in [0.1, 0.15) is 24.8 Å². The number of piperazine rings is 1. The van der Waals surface area contributed by atoms with Crippen molar-refractivity contribution in [3.05, 3.63) is 60.2 Å². The average molecular weight is 435 g/mol. The highest BCUT2D eigenvalue weighted by molar-refractivity contribution is 5.94. The van der Waals surface area contributed by atoms with Crippen molar-refractivity contribution in [3.63, 3.8) is 0 Å². The maximum atomic E-state index is 12.1. The first-order chi connectivity index (χ1) is 15.6. The molecule has 2 heterocycles. The zero-order valence-electron chi connectivity index (χ0n) is 19.1. The van der Waals surface area contributed by atoms with Gasteiger partial charge in [-0.15, -0.1) is 0 Å². The van der Waals surface area contributed by atoms with Crippen LogP contribution in [0.2, 0.25) is 0 Å². The second kappa shape index (κ2) is 10.5. The van der Waals surface area contributed by atoms with Gasteiger partial charge in [0.05, 0.1) is 0 Å². The summed E-state index contributed by atoms with van der Waals surface area (Å²) < 4.78 is 0. The minimum atomic E-state index is 0.0710. The maximum Gasteiger partial charge on any atom is 0.225 e. The van der Waals surface area contributed by atoms with Gasteiger partial charge in [0.2, 0.25) is 5.91 Å². The molecule has 2 aromatic rings. The number of anilines is 2. The van der Waals surface area contributed by atoms with Gasteiger partial charge < -0.3 is 20.9 Å². The molecule has 32 heavy (non-hydrogen) atoms. The third-order valence-corrected chi connectivity index (χ3v) is 6.47. The quantitative estimate of drug-likeness (QED) is 0.481. The zero-order chi connectivity index (χ0) is 22.3. The molecule has 0 radical (unpaired) electrons. The van der Waals surface area contributed by atoms with E-state index in [4.69, 9.17) is 0 Å². The van der Waals surface area contributed by atoms with Crippen LogP contribution in [0, 0.1) is 0 Å². The molecule has 7 heteroatoms. The molecule has 7 nitrogen and oxygen atoms in total. The van der Waals surface area contributed by atoms with Crippen molar-refractivity contribution in [1.29, 1.82) is 0 Å². The van der Waals surface area contributed by atoms with Crippen LogP contribution in [-0.4, -0.2) is 69.1 Å². The lowest BCUT2D eigenvalue weighted by atomic mass is 9.90. The summed E-state index contributed by atoms with van der Waals surface area (Å²) in [6, 6.07) is 19.1. The lowest BCUT2D eigenvalue weighted by molar-refractivity contribution is -0.116. The molecule has 4 rings (SSSR count). The van der Waals surface area contributed by atoms with Crippen molar-refractivity contribution in [1.82, 2.24) is 15.5 Å². The Bertz CT molecular complexity index is 923. The van der Waals surface area contributed by atoms with Gasteiger partial charge in [-0.25, -0.2) is 0 Å². The second-order valence-corrected chi connectivity index (χ2v) is 8.58. The molecule has 0 spiro atoms. The molecule has 1 fully saturated rings. The predicted molar refractivity (Wildman–Crippen MR) is 131 cm³/mol. The Morgan fingerprint density at radius 1 is 1.06 bits per heavy atom. The topological polar surface area (TPSA) is 72.0 Å². The van der Waals surface area contributed by atoms with E-state index in [9.17, 15) is 4.79 Å². The number of aliphatic imine (C=N–C) groups is 1. The summed E-state index contributed by atoms with van der Waals surface area (Å²) in [5, 5.41) is 9.85. The Morgan fingerprint density at radius 2 is 1.78 bits per heavy atom. The number of hydrogen-bond acceptors (Lipinski definition) is 4. The minimum absolute atomic E-state index is 0.0710. The summed E-state index contributed by atoms with van der Waals surface area (Å²) in [6.07, 6.45) is 0.489. The average Bonchev–Trinajstić information content (AvgIpc) is 2.84. The summed E-state index contributed by atoms with van der Waals surface area (Å²) in [5.74, 6) is 0.993. The number of rotatable bonds is 6. The van der Waals surface area contributed by atoms with E-state index in [-0.39, 0.29) is 11.8 Å². The van der Waals surface area contributed by atoms with E-state index >= 15 is 0 Å². The fraction of sp³-hybridized carbons (Fsp3) is 0.440. The van der Waals surface area contributed by atoms with Crippen LogP contribution in [0.5, 0.6) is 0 Å². The molecule has 3 N–H and O–H groups in total. The molecule has 170 valence electrons. The fourth-order valence-electron chi connectivity index (χ4n) is 4.56. The highest BCUT2D eigenvalue weighted by atomic mass is 16.1. The van der Waals surface area contributed by atoms with Gasteiger partial charge in [0.1, 0.15) is 0 Å². The molecule has 0 aliphatic carbocycles. The van der Waals surface area contributed by atoms with Crippen LogP contribution in [0.3, 0.4) is 0 Å². The van der Waals surface area contributed by atoms with Crippen molar-refractivity contribution in [3.8, 4) is 0 Å². The van der Waals surface area contributed by atoms with Crippen molar-refractivity contribution in [2.45, 2.75) is 25.3 Å². The van der Waals surface area contributed by atoms with Gasteiger partial charge in [-0.2, -0.15) is 0 Å². The summed E-state index contributed by atoms with van der Waals surface area (Å²) in [5.41, 5.74) is 3.40. The first-order valence-electron chi connectivity index (χ1n) is 11.5. The van der Waals surface area contributed by atoms with E-state index in [1.54, 1.807) is 7.05 Å². The van der Waals surface area contributed by atoms with E-state index < -0.39 is 0 Å². The largest absolute Gasteiger partial charge is 0.369 e. The minimum Gasteiger partial charge on any atom is -0.369 e. The van der Waals surface area contributed by atoms with Gasteiger partial charge in [-0.1, -0.05) is 36.4 Å². The third kappa shape index (κ3) is 5.40. The summed E-state index contributed by atoms with van der Waals surface area (Å²) in [7, 11) is 1.79. The van der Waals surface area contributed by atoms with Gasteiger partial charge in [0.25, 0.3) is 0 Å². The predicted octanol–water partition coefficient (Wildman–Crippen LogP) is 2.49. The lowest BCUT2D eigenvalue weighted by Gasteiger charge is -2.39. The van der Waals surface area contributed by atoms with Crippen LogP contribution in [0.4, 0.5) is 11.4 Å². The number of fused-ring (bicyclic) bond motifs is 1. The molecule has 0 bridgehead atoms. The first-order valence-corrected chi connectivity index (χ1v) is 11.5. The van der Waals surface area contributed by atoms with E-state index in [0.29, 0.717) is 19.0 Å². The molecule has 1 saturated heterocycles. The molecule has 2 unspecified atom stereocenters. The monoisotopic (exact) mass is 434 g/mol. The normalized spacial score (nSPS) is 20.3. The van der Waals surface area contributed by atoms with Gasteiger partial charge >= 0.3 is 0 Å². The van der Waals surface area contributed by atoms with Crippen molar-refractivity contribution in [2.75, 3.05) is 56.5 Å². The fourth-order valence-corrected chi connectivity index (χ4v) is 4.56. The molecule has 1 amide bonds. The molecule has 2 aliphatic heterocycles. The third-order valence-electron chi connectivity index (χ3n) is 6.47. The number of para-hydroxylation sites is 2. The molecule has 2 aliphatic rings. The van der Waals surface area contributed by atoms with Gasteiger partial charge in [-0.3, -0.25) is 14.7 Å². The van der Waals surface area contributed by atoms with Crippen LogP contribution in [0.25, 0.3) is 0 Å². The van der Waals surface area contributed by atoms with Crippen LogP contribution >= 0.6 is 0 Å². The Hall–Kier alpha value is -3.06. The van der Waals surface area contributed by atoms with Crippen LogP contribution in [-0.2, 0) is 4.79 Å². The number of amides is 1. The number of benzene rings is 2. The number of guanidine groups is 1. The molecule has 2 aromatic carbocycles. The van der Waals surface area contributed by atoms with Crippen molar-refractivity contribution >= 4 is 23.2 Å². The van der Waals surface area contributed by atoms with Gasteiger partial charge in [0, 0.05) is 76.1 Å². The number of carbonyl (C=O) groups is 1. The SMILES string of the molecule is CN=C(NCC1CC(=O)Nc2ccccc21)NCC(C)N1CCN(c2ccccc2)CC1. The maximum absolute atomic E-state index is 12.1. The molecule has 2 atom stereocenters. The van der Waals surface area contributed by atoms with Crippen molar-refractivity contribution < 1.29 is 4.79 Å². The smallest absolute Gasteiger partial charge is 0.225 e. The Labute approximate surface area is 190 Å². The number of hydrogen-bond donors (Lipinski definition) is 3. The molecule has 0 saturated carbocycles. The van der Waals surface area contributed by atoms with Crippen molar-refractivity contribution in [2.24, 2.45) is 4.99 Å². The molecular weight excluding hydrogens is 400 g/mol. The lowest BCUT2D eigenvalue weighted by Crippen LogP contribution is -2.53.